The average molecular weight is 1460 g/mol. The van der Waals surface area contributed by atoms with Crippen LogP contribution in [0.1, 0.15) is 94.3 Å². The van der Waals surface area contributed by atoms with Gasteiger partial charge in [-0.1, -0.05) is 109 Å². The predicted molar refractivity (Wildman–Crippen MR) is 407 cm³/mol. The molecule has 0 aliphatic carbocycles. The van der Waals surface area contributed by atoms with Crippen LogP contribution in [0.2, 0.25) is 0 Å². The third kappa shape index (κ3) is 19.1. The standard InChI is InChI=1S/C29H26N4O4.C28H24N2O4S.C27H23N3O4S/c1-20-25(30-29(37-20)22-10-4-2-5-11-22)15-16-36-24-14-8-9-21(17-24)18-26-27(19-28(34)35)32-33(31-26)23-12-6-3-7-13-23;1-19-25(29-27(34-19)21-8-3-2-4-9-21)12-13-33-23-10-5-7-20(16-23)15-22-17-30(18-24(22)28(31)32)26-11-6-14-35-26;1-18-24(29-25(34-18)20-7-3-2-4-8-20)10-12-33-22-9-5-6-19(15-22)14-21-16-30(17-23(21)26(31)32)27-28-11-13-35-27/h2-14,17H,15-16,18-19H2,1H3,(H,34,35);2-11,14,16-18H,12-13,15H2,1H3,(H,31,32);2-9,11,13,15-17H,10,12,14H2,1H3,(H,31,32). The highest BCUT2D eigenvalue weighted by Gasteiger charge is 2.21. The van der Waals surface area contributed by atoms with E-state index in [9.17, 15) is 29.7 Å². The fourth-order valence-corrected chi connectivity index (χ4v) is 13.2. The van der Waals surface area contributed by atoms with Crippen molar-refractivity contribution in [2.75, 3.05) is 19.8 Å². The molecule has 107 heavy (non-hydrogen) atoms. The Balaban J connectivity index is 0.000000142. The van der Waals surface area contributed by atoms with Crippen molar-refractivity contribution in [2.45, 2.75) is 65.7 Å². The summed E-state index contributed by atoms with van der Waals surface area (Å²) in [6, 6.07) is 66.0. The second-order valence-corrected chi connectivity index (χ2v) is 26.6. The molecule has 0 bridgehead atoms. The number of ether oxygens (including phenoxy) is 3. The third-order valence-electron chi connectivity index (χ3n) is 17.2. The molecule has 0 radical (unpaired) electrons. The number of aromatic carboxylic acids is 2. The van der Waals surface area contributed by atoms with Gasteiger partial charge in [-0.05, 0) is 164 Å². The molecule has 8 heterocycles. The van der Waals surface area contributed by atoms with Gasteiger partial charge in [0.25, 0.3) is 0 Å². The molecule has 23 heteroatoms. The van der Waals surface area contributed by atoms with Gasteiger partial charge in [-0.25, -0.2) is 29.5 Å². The second-order valence-electron chi connectivity index (χ2n) is 24.8. The van der Waals surface area contributed by atoms with E-state index < -0.39 is 17.9 Å². The van der Waals surface area contributed by atoms with E-state index in [2.05, 4.69) is 30.1 Å². The van der Waals surface area contributed by atoms with E-state index in [0.29, 0.717) is 93.0 Å². The number of thiazole rings is 1. The summed E-state index contributed by atoms with van der Waals surface area (Å²) in [7, 11) is 0. The number of nitrogens with zero attached hydrogens (tertiary/aromatic N) is 9. The normalized spacial score (nSPS) is 11.0. The molecule has 0 atom stereocenters. The molecule has 0 aliphatic rings. The first-order valence-corrected chi connectivity index (χ1v) is 36.2. The van der Waals surface area contributed by atoms with Crippen molar-refractivity contribution in [3.8, 4) is 67.4 Å². The third-order valence-corrected chi connectivity index (χ3v) is 18.8. The van der Waals surface area contributed by atoms with Gasteiger partial charge < -0.3 is 47.3 Å². The minimum Gasteiger partial charge on any atom is -0.493 e. The largest absolute Gasteiger partial charge is 0.493 e. The van der Waals surface area contributed by atoms with Crippen molar-refractivity contribution in [2.24, 2.45) is 0 Å². The van der Waals surface area contributed by atoms with Crippen LogP contribution < -0.4 is 14.2 Å². The Bertz CT molecular complexity index is 5210. The first-order chi connectivity index (χ1) is 52.2. The molecule has 0 unspecified atom stereocenters. The molecule has 0 saturated carbocycles. The number of carbonyl (C=O) groups is 3. The molecule has 15 aromatic rings. The predicted octanol–water partition coefficient (Wildman–Crippen LogP) is 17.3. The summed E-state index contributed by atoms with van der Waals surface area (Å²) in [5, 5.41) is 43.2. The monoisotopic (exact) mass is 1460 g/mol. The molecule has 3 N–H and O–H groups in total. The van der Waals surface area contributed by atoms with E-state index in [1.807, 2.05) is 255 Å². The van der Waals surface area contributed by atoms with Crippen LogP contribution >= 0.6 is 22.7 Å². The van der Waals surface area contributed by atoms with Gasteiger partial charge in [0, 0.05) is 78.7 Å². The number of aryl methyl sites for hydroxylation is 3. The molecule has 7 aromatic carbocycles. The molecule has 8 aromatic heterocycles. The fourth-order valence-electron chi connectivity index (χ4n) is 11.9. The molecule has 0 aliphatic heterocycles. The van der Waals surface area contributed by atoms with Crippen LogP contribution in [0.25, 0.3) is 50.2 Å². The summed E-state index contributed by atoms with van der Waals surface area (Å²) in [5.74, 6) is 3.53. The van der Waals surface area contributed by atoms with Gasteiger partial charge in [-0.15, -0.1) is 22.7 Å². The molecule has 0 fully saturated rings. The van der Waals surface area contributed by atoms with Crippen LogP contribution in [0.15, 0.2) is 261 Å². The zero-order valence-corrected chi connectivity index (χ0v) is 60.2. The number of para-hydroxylation sites is 1. The SMILES string of the molecule is Cc1oc(-c2ccccc2)nc1CCOc1cccc(Cc2cn(-c3cccs3)cc2C(=O)O)c1.Cc1oc(-c2ccccc2)nc1CCOc1cccc(Cc2cn(-c3nccs3)cc2C(=O)O)c1.Cc1oc(-c2ccccc2)nc1CCOc1cccc(Cc2nn(-c3ccccc3)nc2CC(=O)O)c1. The number of aliphatic carboxylic acids is 1. The van der Waals surface area contributed by atoms with Gasteiger partial charge in [0.15, 0.2) is 5.13 Å². The van der Waals surface area contributed by atoms with Crippen LogP contribution in [0.5, 0.6) is 17.2 Å². The smallest absolute Gasteiger partial charge is 0.337 e. The van der Waals surface area contributed by atoms with Crippen LogP contribution in [0, 0.1) is 20.8 Å². The summed E-state index contributed by atoms with van der Waals surface area (Å²) < 4.78 is 39.1. The molecule has 0 saturated heterocycles. The molecule has 21 nitrogen and oxygen atoms in total. The van der Waals surface area contributed by atoms with Crippen molar-refractivity contribution in [1.29, 1.82) is 0 Å². The van der Waals surface area contributed by atoms with Crippen molar-refractivity contribution in [1.82, 2.24) is 44.1 Å². The topological polar surface area (TPSA) is 271 Å². The van der Waals surface area contributed by atoms with Crippen LogP contribution in [-0.4, -0.2) is 97.1 Å². The highest BCUT2D eigenvalue weighted by atomic mass is 32.1. The molecule has 0 spiro atoms. The highest BCUT2D eigenvalue weighted by Crippen LogP contribution is 2.30. The number of carboxylic acid groups (broad SMARTS) is 3. The number of thiophene rings is 1. The van der Waals surface area contributed by atoms with E-state index in [0.717, 1.165) is 112 Å². The lowest BCUT2D eigenvalue weighted by molar-refractivity contribution is -0.136. The van der Waals surface area contributed by atoms with Crippen LogP contribution in [0.3, 0.4) is 0 Å². The van der Waals surface area contributed by atoms with Gasteiger partial charge in [0.1, 0.15) is 34.5 Å². The zero-order valence-electron chi connectivity index (χ0n) is 58.6. The molecule has 0 amide bonds. The van der Waals surface area contributed by atoms with Crippen molar-refractivity contribution >= 4 is 40.6 Å². The van der Waals surface area contributed by atoms with E-state index in [1.165, 1.54) is 16.1 Å². The Morgan fingerprint density at radius 2 is 0.850 bits per heavy atom. The van der Waals surface area contributed by atoms with Crippen LogP contribution in [-0.2, 0) is 49.7 Å². The average Bonchev–Trinajstić information content (AvgIpc) is 1.68. The lowest BCUT2D eigenvalue weighted by Gasteiger charge is -2.08. The molecular weight excluding hydrogens is 1390 g/mol. The lowest BCUT2D eigenvalue weighted by Crippen LogP contribution is -2.05. The van der Waals surface area contributed by atoms with Crippen molar-refractivity contribution in [3.63, 3.8) is 0 Å². The van der Waals surface area contributed by atoms with E-state index in [-0.39, 0.29) is 12.0 Å². The second kappa shape index (κ2) is 34.5. The van der Waals surface area contributed by atoms with Crippen LogP contribution in [0.4, 0.5) is 0 Å². The maximum atomic E-state index is 11.8. The Kier molecular flexibility index (Phi) is 23.4. The van der Waals surface area contributed by atoms with E-state index >= 15 is 0 Å². The summed E-state index contributed by atoms with van der Waals surface area (Å²) in [6.45, 7) is 7.09. The number of aromatic nitrogens is 9. The Morgan fingerprint density at radius 1 is 0.430 bits per heavy atom. The zero-order chi connectivity index (χ0) is 74.0. The number of hydrogen-bond acceptors (Lipinski definition) is 17. The van der Waals surface area contributed by atoms with Crippen molar-refractivity contribution < 1.29 is 57.2 Å². The van der Waals surface area contributed by atoms with E-state index in [4.69, 9.17) is 27.5 Å². The number of oxazole rings is 3. The number of rotatable bonds is 28. The first-order valence-electron chi connectivity index (χ1n) is 34.4. The summed E-state index contributed by atoms with van der Waals surface area (Å²) in [5.41, 5.74) is 12.2. The Morgan fingerprint density at radius 3 is 1.26 bits per heavy atom. The summed E-state index contributed by atoms with van der Waals surface area (Å²) in [4.78, 5) is 54.6. The lowest BCUT2D eigenvalue weighted by atomic mass is 10.0. The fraction of sp³-hybridized carbons (Fsp3) is 0.155. The first kappa shape index (κ1) is 72.4. The summed E-state index contributed by atoms with van der Waals surface area (Å²) >= 11 is 3.02. The minimum atomic E-state index is -0.958. The number of benzene rings is 7. The van der Waals surface area contributed by atoms with Gasteiger partial charge >= 0.3 is 17.9 Å². The molecule has 15 rings (SSSR count). The molecule has 538 valence electrons. The van der Waals surface area contributed by atoms with Gasteiger partial charge in [0.2, 0.25) is 17.7 Å². The molecular formula is C84H73N9O12S2. The van der Waals surface area contributed by atoms with Crippen molar-refractivity contribution in [3.05, 3.63) is 333 Å². The Labute approximate surface area is 623 Å². The number of hydrogen-bond donors (Lipinski definition) is 3. The van der Waals surface area contributed by atoms with Gasteiger partial charge in [-0.3, -0.25) is 9.36 Å². The maximum absolute atomic E-state index is 11.8. The highest BCUT2D eigenvalue weighted by molar-refractivity contribution is 7.12. The summed E-state index contributed by atoms with van der Waals surface area (Å²) in [6.07, 6.45) is 11.8. The van der Waals surface area contributed by atoms with E-state index in [1.54, 1.807) is 34.5 Å². The minimum absolute atomic E-state index is 0.194. The van der Waals surface area contributed by atoms with Gasteiger partial charge in [0.05, 0.1) is 76.5 Å². The number of carboxylic acids is 3. The maximum Gasteiger partial charge on any atom is 0.337 e. The Hall–Kier alpha value is -13.0. The quantitative estimate of drug-likeness (QED) is 0.0411. The van der Waals surface area contributed by atoms with Gasteiger partial charge in [-0.2, -0.15) is 15.0 Å².